The number of anilines is 1. The molecule has 146 valence electrons. The maximum atomic E-state index is 12.4. The first kappa shape index (κ1) is 18.6. The Kier molecular flexibility index (Phi) is 5.11. The fourth-order valence-corrected chi connectivity index (χ4v) is 3.88. The number of nitrogens with zero attached hydrogens (tertiary/aromatic N) is 5. The lowest BCUT2D eigenvalue weighted by Gasteiger charge is -2.33. The van der Waals surface area contributed by atoms with Crippen LogP contribution in [0.25, 0.3) is 11.0 Å². The Hall–Kier alpha value is -2.76. The number of rotatable bonds is 4. The van der Waals surface area contributed by atoms with E-state index in [1.54, 1.807) is 17.0 Å². The molecule has 0 bridgehead atoms. The van der Waals surface area contributed by atoms with Crippen molar-refractivity contribution in [3.63, 3.8) is 0 Å². The van der Waals surface area contributed by atoms with Gasteiger partial charge in [-0.05, 0) is 43.7 Å². The summed E-state index contributed by atoms with van der Waals surface area (Å²) in [4.78, 5) is 28.7. The van der Waals surface area contributed by atoms with Crippen LogP contribution in [0.1, 0.15) is 44.0 Å². The predicted octanol–water partition coefficient (Wildman–Crippen LogP) is 3.53. The molecule has 3 heterocycles. The third-order valence-electron chi connectivity index (χ3n) is 5.58. The molecule has 3 aromatic rings. The lowest BCUT2D eigenvalue weighted by atomic mass is 9.96. The van der Waals surface area contributed by atoms with E-state index in [4.69, 9.17) is 9.97 Å². The molecule has 6 heteroatoms. The summed E-state index contributed by atoms with van der Waals surface area (Å²) in [7, 11) is 0. The zero-order valence-electron chi connectivity index (χ0n) is 16.8. The second kappa shape index (κ2) is 7.70. The van der Waals surface area contributed by atoms with Crippen LogP contribution in [0.4, 0.5) is 5.82 Å². The zero-order valence-corrected chi connectivity index (χ0v) is 16.8. The number of fused-ring (bicyclic) bond motifs is 1. The van der Waals surface area contributed by atoms with Crippen LogP contribution in [0.15, 0.2) is 41.5 Å². The van der Waals surface area contributed by atoms with E-state index in [-0.39, 0.29) is 11.5 Å². The summed E-state index contributed by atoms with van der Waals surface area (Å²) in [5.74, 6) is 1.74. The number of aryl methyl sites for hydroxylation is 1. The quantitative estimate of drug-likeness (QED) is 0.696. The molecule has 1 aliphatic rings. The first-order valence-electron chi connectivity index (χ1n) is 10.1. The van der Waals surface area contributed by atoms with E-state index < -0.39 is 0 Å². The molecule has 0 radical (unpaired) electrons. The van der Waals surface area contributed by atoms with Crippen LogP contribution in [-0.4, -0.2) is 32.6 Å². The SMILES string of the molecule is Cc1nc2ccccc2nc1N1CCC(Cn2cnc(C(C)C)cc2=O)CC1. The number of hydrogen-bond acceptors (Lipinski definition) is 5. The summed E-state index contributed by atoms with van der Waals surface area (Å²) in [6.45, 7) is 8.75. The molecule has 1 aromatic carbocycles. The van der Waals surface area contributed by atoms with Crippen molar-refractivity contribution >= 4 is 16.9 Å². The molecule has 4 rings (SSSR count). The number of para-hydroxylation sites is 2. The van der Waals surface area contributed by atoms with E-state index >= 15 is 0 Å². The van der Waals surface area contributed by atoms with Crippen molar-refractivity contribution in [2.24, 2.45) is 5.92 Å². The van der Waals surface area contributed by atoms with Crippen molar-refractivity contribution < 1.29 is 0 Å². The summed E-state index contributed by atoms with van der Waals surface area (Å²) < 4.78 is 1.76. The van der Waals surface area contributed by atoms with Crippen molar-refractivity contribution in [3.8, 4) is 0 Å². The predicted molar refractivity (Wildman–Crippen MR) is 112 cm³/mol. The van der Waals surface area contributed by atoms with Gasteiger partial charge in [-0.2, -0.15) is 0 Å². The van der Waals surface area contributed by atoms with Gasteiger partial charge in [-0.15, -0.1) is 0 Å². The van der Waals surface area contributed by atoms with Crippen LogP contribution in [0.2, 0.25) is 0 Å². The van der Waals surface area contributed by atoms with Gasteiger partial charge in [0.15, 0.2) is 5.82 Å². The maximum Gasteiger partial charge on any atom is 0.253 e. The third-order valence-corrected chi connectivity index (χ3v) is 5.58. The second-order valence-corrected chi connectivity index (χ2v) is 8.01. The highest BCUT2D eigenvalue weighted by molar-refractivity contribution is 5.76. The molecular weight excluding hydrogens is 350 g/mol. The number of piperidine rings is 1. The average molecular weight is 377 g/mol. The largest absolute Gasteiger partial charge is 0.355 e. The van der Waals surface area contributed by atoms with E-state index in [0.29, 0.717) is 5.92 Å². The highest BCUT2D eigenvalue weighted by atomic mass is 16.1. The molecule has 0 amide bonds. The van der Waals surface area contributed by atoms with Crippen LogP contribution >= 0.6 is 0 Å². The van der Waals surface area contributed by atoms with Gasteiger partial charge in [-0.1, -0.05) is 26.0 Å². The molecule has 2 aromatic heterocycles. The lowest BCUT2D eigenvalue weighted by molar-refractivity contribution is 0.349. The Morgan fingerprint density at radius 2 is 1.79 bits per heavy atom. The monoisotopic (exact) mass is 377 g/mol. The summed E-state index contributed by atoms with van der Waals surface area (Å²) >= 11 is 0. The number of benzene rings is 1. The summed E-state index contributed by atoms with van der Waals surface area (Å²) in [6, 6.07) is 9.68. The number of aromatic nitrogens is 4. The van der Waals surface area contributed by atoms with Gasteiger partial charge in [-0.25, -0.2) is 15.0 Å². The fourth-order valence-electron chi connectivity index (χ4n) is 3.88. The van der Waals surface area contributed by atoms with Gasteiger partial charge in [-0.3, -0.25) is 9.36 Å². The number of hydrogen-bond donors (Lipinski definition) is 0. The highest BCUT2D eigenvalue weighted by Crippen LogP contribution is 2.26. The first-order valence-corrected chi connectivity index (χ1v) is 10.1. The van der Waals surface area contributed by atoms with Crippen LogP contribution < -0.4 is 10.5 Å². The van der Waals surface area contributed by atoms with Crippen LogP contribution in [0.5, 0.6) is 0 Å². The van der Waals surface area contributed by atoms with Crippen molar-refractivity contribution in [1.29, 1.82) is 0 Å². The van der Waals surface area contributed by atoms with Gasteiger partial charge < -0.3 is 4.90 Å². The topological polar surface area (TPSA) is 63.9 Å². The first-order chi connectivity index (χ1) is 13.5. The highest BCUT2D eigenvalue weighted by Gasteiger charge is 2.23. The molecule has 0 saturated carbocycles. The molecule has 0 N–H and O–H groups in total. The molecule has 6 nitrogen and oxygen atoms in total. The van der Waals surface area contributed by atoms with Crippen molar-refractivity contribution in [3.05, 3.63) is 58.4 Å². The standard InChI is InChI=1S/C22H27N5O/c1-15(2)20-12-21(28)27(14-23-20)13-17-8-10-26(11-9-17)22-16(3)24-18-6-4-5-7-19(18)25-22/h4-7,12,14-15,17H,8-11,13H2,1-3H3. The summed E-state index contributed by atoms with van der Waals surface area (Å²) in [5, 5.41) is 0. The van der Waals surface area contributed by atoms with Crippen molar-refractivity contribution in [2.45, 2.75) is 46.1 Å². The van der Waals surface area contributed by atoms with E-state index in [1.165, 1.54) is 0 Å². The minimum atomic E-state index is 0.0531. The fraction of sp³-hybridized carbons (Fsp3) is 0.455. The Labute approximate surface area is 165 Å². The van der Waals surface area contributed by atoms with E-state index in [2.05, 4.69) is 23.7 Å². The van der Waals surface area contributed by atoms with E-state index in [9.17, 15) is 4.79 Å². The van der Waals surface area contributed by atoms with Gasteiger partial charge in [0.05, 0.1) is 28.7 Å². The second-order valence-electron chi connectivity index (χ2n) is 8.01. The van der Waals surface area contributed by atoms with Crippen LogP contribution in [0.3, 0.4) is 0 Å². The minimum Gasteiger partial charge on any atom is -0.355 e. The van der Waals surface area contributed by atoms with Gasteiger partial charge in [0.25, 0.3) is 5.56 Å². The van der Waals surface area contributed by atoms with Crippen LogP contribution in [0, 0.1) is 12.8 Å². The van der Waals surface area contributed by atoms with Gasteiger partial charge in [0.1, 0.15) is 0 Å². The maximum absolute atomic E-state index is 12.4. The molecule has 1 fully saturated rings. The smallest absolute Gasteiger partial charge is 0.253 e. The Bertz CT molecular complexity index is 1030. The van der Waals surface area contributed by atoms with Crippen LogP contribution in [-0.2, 0) is 6.54 Å². The molecule has 0 aliphatic carbocycles. The van der Waals surface area contributed by atoms with Gasteiger partial charge >= 0.3 is 0 Å². The molecule has 0 atom stereocenters. The van der Waals surface area contributed by atoms with Crippen molar-refractivity contribution in [1.82, 2.24) is 19.5 Å². The third kappa shape index (κ3) is 3.77. The average Bonchev–Trinajstić information content (AvgIpc) is 2.69. The summed E-state index contributed by atoms with van der Waals surface area (Å²) in [5.41, 5.74) is 3.77. The Balaban J connectivity index is 1.44. The van der Waals surface area contributed by atoms with E-state index in [0.717, 1.165) is 60.7 Å². The molecule has 1 aliphatic heterocycles. The molecule has 1 saturated heterocycles. The Morgan fingerprint density at radius 1 is 1.11 bits per heavy atom. The zero-order chi connectivity index (χ0) is 19.7. The normalized spacial score (nSPS) is 15.5. The molecule has 0 spiro atoms. The summed E-state index contributed by atoms with van der Waals surface area (Å²) in [6.07, 6.45) is 3.78. The molecular formula is C22H27N5O. The van der Waals surface area contributed by atoms with E-state index in [1.807, 2.05) is 31.2 Å². The Morgan fingerprint density at radius 3 is 2.43 bits per heavy atom. The van der Waals surface area contributed by atoms with Crippen molar-refractivity contribution in [2.75, 3.05) is 18.0 Å². The lowest BCUT2D eigenvalue weighted by Crippen LogP contribution is -2.37. The molecule has 28 heavy (non-hydrogen) atoms. The molecule has 0 unspecified atom stereocenters. The minimum absolute atomic E-state index is 0.0531. The van der Waals surface area contributed by atoms with Gasteiger partial charge in [0.2, 0.25) is 0 Å². The van der Waals surface area contributed by atoms with Gasteiger partial charge in [0, 0.05) is 25.7 Å².